The molecule has 0 aliphatic rings. The van der Waals surface area contributed by atoms with Crippen LogP contribution in [0.2, 0.25) is 0 Å². The van der Waals surface area contributed by atoms with Crippen molar-refractivity contribution in [2.75, 3.05) is 19.0 Å². The Morgan fingerprint density at radius 3 is 2.52 bits per heavy atom. The summed E-state index contributed by atoms with van der Waals surface area (Å²) in [5.74, 6) is 1.79. The summed E-state index contributed by atoms with van der Waals surface area (Å²) in [6.07, 6.45) is 1.02. The van der Waals surface area contributed by atoms with Crippen LogP contribution in [0.25, 0.3) is 0 Å². The highest BCUT2D eigenvalue weighted by Crippen LogP contribution is 2.24. The van der Waals surface area contributed by atoms with Gasteiger partial charge in [0.25, 0.3) is 0 Å². The normalized spacial score (nSPS) is 10.2. The summed E-state index contributed by atoms with van der Waals surface area (Å²) in [5, 5.41) is 3.39. The van der Waals surface area contributed by atoms with Crippen molar-refractivity contribution < 1.29 is 9.47 Å². The second-order valence-electron chi connectivity index (χ2n) is 4.68. The Hall–Kier alpha value is -1.68. The molecule has 0 spiro atoms. The van der Waals surface area contributed by atoms with Gasteiger partial charge >= 0.3 is 0 Å². The number of nitrogens with one attached hydrogen (secondary N) is 1. The van der Waals surface area contributed by atoms with E-state index in [-0.39, 0.29) is 0 Å². The van der Waals surface area contributed by atoms with E-state index in [9.17, 15) is 0 Å². The van der Waals surface area contributed by atoms with Gasteiger partial charge in [-0.1, -0.05) is 22.9 Å². The number of anilines is 1. The molecule has 0 radical (unpaired) electrons. The second kappa shape index (κ2) is 7.93. The van der Waals surface area contributed by atoms with Crippen molar-refractivity contribution in [3.05, 3.63) is 52.5 Å². The number of benzene rings is 2. The smallest absolute Gasteiger partial charge is 0.123 e. The van der Waals surface area contributed by atoms with E-state index in [4.69, 9.17) is 9.47 Å². The van der Waals surface area contributed by atoms with Crippen LogP contribution < -0.4 is 14.8 Å². The Bertz CT molecular complexity index is 570. The van der Waals surface area contributed by atoms with E-state index in [1.807, 2.05) is 36.4 Å². The number of hydrogen-bond donors (Lipinski definition) is 1. The standard InChI is InChI=1S/C17H20BrNO2/c1-3-10-21-16-7-5-15(6-8-16)19-12-13-11-14(18)4-9-17(13)20-2/h4-9,11,19H,3,10,12H2,1-2H3. The predicted molar refractivity (Wildman–Crippen MR) is 90.2 cm³/mol. The predicted octanol–water partition coefficient (Wildman–Crippen LogP) is 4.86. The Balaban J connectivity index is 1.98. The molecule has 0 saturated carbocycles. The van der Waals surface area contributed by atoms with Crippen molar-refractivity contribution in [1.29, 1.82) is 0 Å². The number of ether oxygens (including phenoxy) is 2. The van der Waals surface area contributed by atoms with Gasteiger partial charge in [0.15, 0.2) is 0 Å². The molecule has 0 unspecified atom stereocenters. The fourth-order valence-corrected chi connectivity index (χ4v) is 2.38. The fraction of sp³-hybridized carbons (Fsp3) is 0.294. The summed E-state index contributed by atoms with van der Waals surface area (Å²) < 4.78 is 12.0. The van der Waals surface area contributed by atoms with Crippen LogP contribution in [0.15, 0.2) is 46.9 Å². The summed E-state index contributed by atoms with van der Waals surface area (Å²) in [4.78, 5) is 0. The molecule has 0 amide bonds. The third-order valence-corrected chi connectivity index (χ3v) is 3.55. The van der Waals surface area contributed by atoms with Crippen LogP contribution in [0.1, 0.15) is 18.9 Å². The van der Waals surface area contributed by atoms with Crippen LogP contribution in [0.3, 0.4) is 0 Å². The third-order valence-electron chi connectivity index (χ3n) is 3.05. The molecule has 0 aliphatic heterocycles. The Labute approximate surface area is 134 Å². The average molecular weight is 350 g/mol. The first-order valence-corrected chi connectivity index (χ1v) is 7.81. The zero-order valence-electron chi connectivity index (χ0n) is 12.4. The second-order valence-corrected chi connectivity index (χ2v) is 5.60. The SMILES string of the molecule is CCCOc1ccc(NCc2cc(Br)ccc2OC)cc1. The van der Waals surface area contributed by atoms with E-state index >= 15 is 0 Å². The van der Waals surface area contributed by atoms with Gasteiger partial charge in [0.2, 0.25) is 0 Å². The van der Waals surface area contributed by atoms with Gasteiger partial charge in [0.05, 0.1) is 13.7 Å². The molecule has 2 rings (SSSR count). The maximum atomic E-state index is 5.57. The lowest BCUT2D eigenvalue weighted by Crippen LogP contribution is -2.02. The van der Waals surface area contributed by atoms with Crippen LogP contribution in [0, 0.1) is 0 Å². The lowest BCUT2D eigenvalue weighted by atomic mass is 10.2. The topological polar surface area (TPSA) is 30.5 Å². The van der Waals surface area contributed by atoms with E-state index in [0.717, 1.165) is 40.3 Å². The first kappa shape index (κ1) is 15.7. The number of rotatable bonds is 7. The summed E-state index contributed by atoms with van der Waals surface area (Å²) in [6.45, 7) is 3.56. The molecule has 0 heterocycles. The first-order valence-electron chi connectivity index (χ1n) is 7.02. The summed E-state index contributed by atoms with van der Waals surface area (Å²) >= 11 is 3.49. The molecule has 3 nitrogen and oxygen atoms in total. The van der Waals surface area contributed by atoms with E-state index in [2.05, 4.69) is 34.2 Å². The highest BCUT2D eigenvalue weighted by molar-refractivity contribution is 9.10. The van der Waals surface area contributed by atoms with Gasteiger partial charge in [0, 0.05) is 22.3 Å². The van der Waals surface area contributed by atoms with Gasteiger partial charge in [-0.25, -0.2) is 0 Å². The minimum atomic E-state index is 0.706. The van der Waals surface area contributed by atoms with Crippen molar-refractivity contribution >= 4 is 21.6 Å². The van der Waals surface area contributed by atoms with E-state index < -0.39 is 0 Å². The van der Waals surface area contributed by atoms with E-state index in [1.54, 1.807) is 7.11 Å². The van der Waals surface area contributed by atoms with Crippen molar-refractivity contribution in [3.63, 3.8) is 0 Å². The molecular weight excluding hydrogens is 330 g/mol. The highest BCUT2D eigenvalue weighted by Gasteiger charge is 2.04. The quantitative estimate of drug-likeness (QED) is 0.774. The molecular formula is C17H20BrNO2. The molecule has 0 aliphatic carbocycles. The first-order chi connectivity index (χ1) is 10.2. The van der Waals surface area contributed by atoms with Gasteiger partial charge in [-0.3, -0.25) is 0 Å². The summed E-state index contributed by atoms with van der Waals surface area (Å²) in [5.41, 5.74) is 2.17. The molecule has 0 saturated heterocycles. The molecule has 112 valence electrons. The Morgan fingerprint density at radius 2 is 1.86 bits per heavy atom. The molecule has 0 atom stereocenters. The lowest BCUT2D eigenvalue weighted by Gasteiger charge is -2.12. The number of methoxy groups -OCH3 is 1. The minimum absolute atomic E-state index is 0.706. The largest absolute Gasteiger partial charge is 0.496 e. The minimum Gasteiger partial charge on any atom is -0.496 e. The van der Waals surface area contributed by atoms with Gasteiger partial charge in [-0.2, -0.15) is 0 Å². The van der Waals surface area contributed by atoms with Gasteiger partial charge in [-0.05, 0) is 48.9 Å². The molecule has 0 aromatic heterocycles. The maximum absolute atomic E-state index is 5.57. The van der Waals surface area contributed by atoms with Crippen LogP contribution in [-0.2, 0) is 6.54 Å². The fourth-order valence-electron chi connectivity index (χ4n) is 1.97. The average Bonchev–Trinajstić information content (AvgIpc) is 2.52. The van der Waals surface area contributed by atoms with Crippen molar-refractivity contribution in [3.8, 4) is 11.5 Å². The third kappa shape index (κ3) is 4.67. The van der Waals surface area contributed by atoms with Crippen molar-refractivity contribution in [1.82, 2.24) is 0 Å². The Morgan fingerprint density at radius 1 is 1.10 bits per heavy atom. The maximum Gasteiger partial charge on any atom is 0.123 e. The zero-order valence-corrected chi connectivity index (χ0v) is 13.9. The number of hydrogen-bond acceptors (Lipinski definition) is 3. The molecule has 2 aromatic carbocycles. The van der Waals surface area contributed by atoms with E-state index in [0.29, 0.717) is 6.54 Å². The Kier molecular flexibility index (Phi) is 5.93. The van der Waals surface area contributed by atoms with Gasteiger partial charge in [-0.15, -0.1) is 0 Å². The molecule has 0 fully saturated rings. The van der Waals surface area contributed by atoms with Gasteiger partial charge < -0.3 is 14.8 Å². The van der Waals surface area contributed by atoms with Crippen molar-refractivity contribution in [2.24, 2.45) is 0 Å². The molecule has 0 bridgehead atoms. The van der Waals surface area contributed by atoms with Crippen LogP contribution in [-0.4, -0.2) is 13.7 Å². The van der Waals surface area contributed by atoms with Crippen LogP contribution in [0.4, 0.5) is 5.69 Å². The van der Waals surface area contributed by atoms with Gasteiger partial charge in [0.1, 0.15) is 11.5 Å². The zero-order chi connectivity index (χ0) is 15.1. The van der Waals surface area contributed by atoms with Crippen LogP contribution in [0.5, 0.6) is 11.5 Å². The number of halogens is 1. The van der Waals surface area contributed by atoms with E-state index in [1.165, 1.54) is 0 Å². The monoisotopic (exact) mass is 349 g/mol. The summed E-state index contributed by atoms with van der Waals surface area (Å²) in [7, 11) is 1.69. The molecule has 1 N–H and O–H groups in total. The highest BCUT2D eigenvalue weighted by atomic mass is 79.9. The van der Waals surface area contributed by atoms with Crippen LogP contribution >= 0.6 is 15.9 Å². The lowest BCUT2D eigenvalue weighted by molar-refractivity contribution is 0.317. The summed E-state index contributed by atoms with van der Waals surface area (Å²) in [6, 6.07) is 14.0. The van der Waals surface area contributed by atoms with Crippen molar-refractivity contribution in [2.45, 2.75) is 19.9 Å². The molecule has 2 aromatic rings. The molecule has 21 heavy (non-hydrogen) atoms. The molecule has 4 heteroatoms.